The molecule has 7 heteroatoms. The molecule has 1 atom stereocenters. The van der Waals surface area contributed by atoms with Gasteiger partial charge in [-0.1, -0.05) is 5.16 Å². The minimum atomic E-state index is -0.0618. The molecule has 0 N–H and O–H groups in total. The number of hydrogen-bond donors (Lipinski definition) is 0. The van der Waals surface area contributed by atoms with Crippen LogP contribution in [-0.2, 0) is 13.1 Å². The van der Waals surface area contributed by atoms with E-state index in [0.717, 1.165) is 42.9 Å². The van der Waals surface area contributed by atoms with Crippen LogP contribution >= 0.6 is 0 Å². The van der Waals surface area contributed by atoms with Crippen molar-refractivity contribution in [3.63, 3.8) is 0 Å². The average molecular weight is 377 g/mol. The van der Waals surface area contributed by atoms with E-state index in [4.69, 9.17) is 4.52 Å². The van der Waals surface area contributed by atoms with Gasteiger partial charge in [0, 0.05) is 48.1 Å². The maximum Gasteiger partial charge on any atom is 0.266 e. The van der Waals surface area contributed by atoms with Crippen LogP contribution in [0.2, 0.25) is 0 Å². The van der Waals surface area contributed by atoms with Gasteiger partial charge >= 0.3 is 0 Å². The van der Waals surface area contributed by atoms with Gasteiger partial charge in [0.05, 0.1) is 18.4 Å². The van der Waals surface area contributed by atoms with Crippen molar-refractivity contribution in [1.29, 1.82) is 0 Å². The maximum absolute atomic E-state index is 12.4. The van der Waals surface area contributed by atoms with E-state index in [-0.39, 0.29) is 5.56 Å². The van der Waals surface area contributed by atoms with Crippen molar-refractivity contribution in [3.05, 3.63) is 64.5 Å². The Labute approximate surface area is 163 Å². The lowest BCUT2D eigenvalue weighted by Crippen LogP contribution is -2.36. The van der Waals surface area contributed by atoms with Crippen LogP contribution in [0.5, 0.6) is 0 Å². The summed E-state index contributed by atoms with van der Waals surface area (Å²) in [4.78, 5) is 18.9. The smallest absolute Gasteiger partial charge is 0.266 e. The van der Waals surface area contributed by atoms with Crippen molar-refractivity contribution in [2.24, 2.45) is 0 Å². The van der Waals surface area contributed by atoms with Gasteiger partial charge in [0.1, 0.15) is 5.76 Å². The highest BCUT2D eigenvalue weighted by atomic mass is 16.5. The molecule has 28 heavy (non-hydrogen) atoms. The molecule has 0 bridgehead atoms. The molecule has 1 saturated heterocycles. The first-order valence-corrected chi connectivity index (χ1v) is 9.94. The van der Waals surface area contributed by atoms with Crippen LogP contribution in [0.4, 0.5) is 0 Å². The molecule has 1 unspecified atom stereocenters. The third kappa shape index (κ3) is 3.49. The lowest BCUT2D eigenvalue weighted by molar-refractivity contribution is 0.215. The van der Waals surface area contributed by atoms with Gasteiger partial charge in [-0.05, 0) is 50.4 Å². The van der Waals surface area contributed by atoms with Crippen LogP contribution in [0.15, 0.2) is 52.2 Å². The Morgan fingerprint density at radius 2 is 1.96 bits per heavy atom. The minimum absolute atomic E-state index is 0.0618. The number of pyridine rings is 1. The molecule has 0 amide bonds. The standard InChI is InChI=1S/C21H23N5O2/c27-20-6-5-19(15-7-9-22-10-8-15)24-26(20)14-18-2-1-11-25(18)13-17-12-23-28-21(17)16-3-4-16/h5-10,12,16,18H,1-4,11,13-14H2. The van der Waals surface area contributed by atoms with Gasteiger partial charge in [0.2, 0.25) is 0 Å². The van der Waals surface area contributed by atoms with Gasteiger partial charge in [-0.2, -0.15) is 5.10 Å². The summed E-state index contributed by atoms with van der Waals surface area (Å²) in [5.41, 5.74) is 2.89. The van der Waals surface area contributed by atoms with E-state index in [1.165, 1.54) is 18.4 Å². The fourth-order valence-corrected chi connectivity index (χ4v) is 4.05. The number of aromatic nitrogens is 4. The molecule has 1 aliphatic heterocycles. The lowest BCUT2D eigenvalue weighted by atomic mass is 10.1. The molecule has 0 spiro atoms. The van der Waals surface area contributed by atoms with E-state index in [9.17, 15) is 4.79 Å². The van der Waals surface area contributed by atoms with E-state index < -0.39 is 0 Å². The molecular formula is C21H23N5O2. The van der Waals surface area contributed by atoms with Crippen LogP contribution < -0.4 is 5.56 Å². The molecule has 1 saturated carbocycles. The Morgan fingerprint density at radius 3 is 2.79 bits per heavy atom. The average Bonchev–Trinajstić information content (AvgIpc) is 3.31. The van der Waals surface area contributed by atoms with Gasteiger partial charge in [0.15, 0.2) is 0 Å². The molecule has 4 heterocycles. The monoisotopic (exact) mass is 377 g/mol. The van der Waals surface area contributed by atoms with E-state index in [1.54, 1.807) is 29.2 Å². The van der Waals surface area contributed by atoms with Crippen molar-refractivity contribution in [2.75, 3.05) is 6.54 Å². The Bertz CT molecular complexity index is 1010. The van der Waals surface area contributed by atoms with Gasteiger partial charge in [0.25, 0.3) is 5.56 Å². The third-order valence-electron chi connectivity index (χ3n) is 5.72. The molecule has 0 radical (unpaired) electrons. The Kier molecular flexibility index (Phi) is 4.52. The largest absolute Gasteiger partial charge is 0.361 e. The van der Waals surface area contributed by atoms with E-state index in [1.807, 2.05) is 18.3 Å². The zero-order valence-corrected chi connectivity index (χ0v) is 15.7. The molecule has 2 aliphatic rings. The zero-order chi connectivity index (χ0) is 18.9. The molecule has 1 aliphatic carbocycles. The van der Waals surface area contributed by atoms with Crippen LogP contribution in [0.1, 0.15) is 42.9 Å². The fraction of sp³-hybridized carbons (Fsp3) is 0.429. The fourth-order valence-electron chi connectivity index (χ4n) is 4.05. The number of nitrogens with zero attached hydrogens (tertiary/aromatic N) is 5. The second-order valence-corrected chi connectivity index (χ2v) is 7.73. The Balaban J connectivity index is 1.35. The maximum atomic E-state index is 12.4. The van der Waals surface area contributed by atoms with Crippen LogP contribution in [-0.4, -0.2) is 37.4 Å². The van der Waals surface area contributed by atoms with Crippen molar-refractivity contribution in [1.82, 2.24) is 24.8 Å². The Hall–Kier alpha value is -2.80. The zero-order valence-electron chi connectivity index (χ0n) is 15.7. The number of hydrogen-bond acceptors (Lipinski definition) is 6. The molecule has 2 fully saturated rings. The summed E-state index contributed by atoms with van der Waals surface area (Å²) >= 11 is 0. The van der Waals surface area contributed by atoms with Gasteiger partial charge in [-0.25, -0.2) is 4.68 Å². The topological polar surface area (TPSA) is 77.1 Å². The molecule has 144 valence electrons. The first-order valence-electron chi connectivity index (χ1n) is 9.94. The molecule has 5 rings (SSSR count). The SMILES string of the molecule is O=c1ccc(-c2ccncc2)nn1CC1CCCN1Cc1cnoc1C1CC1. The summed E-state index contributed by atoms with van der Waals surface area (Å²) in [7, 11) is 0. The first-order chi connectivity index (χ1) is 13.8. The first kappa shape index (κ1) is 17.3. The van der Waals surface area contributed by atoms with Gasteiger partial charge in [-0.3, -0.25) is 14.7 Å². The molecule has 3 aromatic rings. The number of rotatable bonds is 6. The van der Waals surface area contributed by atoms with Gasteiger partial charge in [-0.15, -0.1) is 0 Å². The predicted octanol–water partition coefficient (Wildman–Crippen LogP) is 2.84. The third-order valence-corrected chi connectivity index (χ3v) is 5.72. The Morgan fingerprint density at radius 1 is 1.11 bits per heavy atom. The van der Waals surface area contributed by atoms with E-state index >= 15 is 0 Å². The normalized spacial score (nSPS) is 19.9. The van der Waals surface area contributed by atoms with Crippen LogP contribution in [0, 0.1) is 0 Å². The second-order valence-electron chi connectivity index (χ2n) is 7.73. The molecule has 3 aromatic heterocycles. The minimum Gasteiger partial charge on any atom is -0.361 e. The van der Waals surface area contributed by atoms with Crippen molar-refractivity contribution < 1.29 is 4.52 Å². The van der Waals surface area contributed by atoms with Crippen molar-refractivity contribution in [3.8, 4) is 11.3 Å². The van der Waals surface area contributed by atoms with Crippen LogP contribution in [0.3, 0.4) is 0 Å². The quantitative estimate of drug-likeness (QED) is 0.657. The molecular weight excluding hydrogens is 354 g/mol. The second kappa shape index (κ2) is 7.31. The van der Waals surface area contributed by atoms with Crippen molar-refractivity contribution in [2.45, 2.75) is 50.7 Å². The highest BCUT2D eigenvalue weighted by Crippen LogP contribution is 2.42. The summed E-state index contributed by atoms with van der Waals surface area (Å²) in [6.45, 7) is 2.46. The van der Waals surface area contributed by atoms with E-state index in [0.29, 0.717) is 18.5 Å². The van der Waals surface area contributed by atoms with Crippen molar-refractivity contribution >= 4 is 0 Å². The lowest BCUT2D eigenvalue weighted by Gasteiger charge is -2.24. The summed E-state index contributed by atoms with van der Waals surface area (Å²) in [5.74, 6) is 1.61. The predicted molar refractivity (Wildman–Crippen MR) is 104 cm³/mol. The number of likely N-dealkylation sites (tertiary alicyclic amines) is 1. The highest BCUT2D eigenvalue weighted by molar-refractivity contribution is 5.56. The van der Waals surface area contributed by atoms with E-state index in [2.05, 4.69) is 20.1 Å². The molecule has 7 nitrogen and oxygen atoms in total. The summed E-state index contributed by atoms with van der Waals surface area (Å²) in [6.07, 6.45) is 9.94. The summed E-state index contributed by atoms with van der Waals surface area (Å²) in [5, 5.41) is 8.63. The summed E-state index contributed by atoms with van der Waals surface area (Å²) in [6, 6.07) is 7.49. The van der Waals surface area contributed by atoms with Crippen LogP contribution in [0.25, 0.3) is 11.3 Å². The highest BCUT2D eigenvalue weighted by Gasteiger charge is 2.32. The van der Waals surface area contributed by atoms with Gasteiger partial charge < -0.3 is 4.52 Å². The molecule has 0 aromatic carbocycles. The summed E-state index contributed by atoms with van der Waals surface area (Å²) < 4.78 is 7.09.